The van der Waals surface area contributed by atoms with E-state index in [1.807, 2.05) is 27.7 Å². The van der Waals surface area contributed by atoms with E-state index < -0.39 is 0 Å². The topological polar surface area (TPSA) is 44.5 Å². The van der Waals surface area contributed by atoms with E-state index in [0.717, 1.165) is 11.5 Å². The van der Waals surface area contributed by atoms with Gasteiger partial charge in [0.1, 0.15) is 0 Å². The average molecular weight is 221 g/mol. The fraction of sp³-hybridized carbons (Fsp3) is 1.00. The van der Waals surface area contributed by atoms with Gasteiger partial charge in [0, 0.05) is 30.3 Å². The highest BCUT2D eigenvalue weighted by Crippen LogP contribution is 2.13. The Bertz CT molecular complexity index is 131. The molecule has 0 unspecified atom stereocenters. The van der Waals surface area contributed by atoms with Crippen molar-refractivity contribution in [1.82, 2.24) is 0 Å². The Hall–Kier alpha value is 0.230. The zero-order valence-electron chi connectivity index (χ0n) is 9.71. The summed E-state index contributed by atoms with van der Waals surface area (Å²) >= 11 is 1.77. The van der Waals surface area contributed by atoms with Crippen molar-refractivity contribution in [3.63, 3.8) is 0 Å². The van der Waals surface area contributed by atoms with Gasteiger partial charge in [-0.15, -0.1) is 0 Å². The van der Waals surface area contributed by atoms with E-state index in [1.54, 1.807) is 11.8 Å². The first-order valence-corrected chi connectivity index (χ1v) is 6.25. The van der Waals surface area contributed by atoms with Crippen molar-refractivity contribution in [2.24, 2.45) is 5.73 Å². The fourth-order valence-electron chi connectivity index (χ4n) is 0.934. The number of rotatable bonds is 8. The first-order valence-electron chi connectivity index (χ1n) is 5.09. The van der Waals surface area contributed by atoms with E-state index in [0.29, 0.717) is 13.2 Å². The van der Waals surface area contributed by atoms with Crippen LogP contribution in [0.4, 0.5) is 0 Å². The Labute approximate surface area is 91.7 Å². The summed E-state index contributed by atoms with van der Waals surface area (Å²) in [6.45, 7) is 9.38. The van der Waals surface area contributed by atoms with Crippen LogP contribution in [0.1, 0.15) is 27.7 Å². The third kappa shape index (κ3) is 8.81. The molecule has 3 nitrogen and oxygen atoms in total. The van der Waals surface area contributed by atoms with E-state index >= 15 is 0 Å². The lowest BCUT2D eigenvalue weighted by Crippen LogP contribution is -2.35. The maximum Gasteiger partial charge on any atom is 0.166 e. The van der Waals surface area contributed by atoms with E-state index in [4.69, 9.17) is 15.2 Å². The van der Waals surface area contributed by atoms with Gasteiger partial charge in [-0.3, -0.25) is 0 Å². The Balaban J connectivity index is 3.60. The zero-order valence-corrected chi connectivity index (χ0v) is 10.5. The summed E-state index contributed by atoms with van der Waals surface area (Å²) in [4.78, 5) is 0. The molecule has 0 spiro atoms. The minimum atomic E-state index is -0.117. The molecule has 86 valence electrons. The van der Waals surface area contributed by atoms with Crippen LogP contribution in [-0.2, 0) is 9.47 Å². The van der Waals surface area contributed by atoms with Crippen molar-refractivity contribution in [1.29, 1.82) is 0 Å². The minimum absolute atomic E-state index is 0.0858. The maximum absolute atomic E-state index is 5.87. The molecule has 0 aliphatic heterocycles. The molecule has 0 rings (SSSR count). The van der Waals surface area contributed by atoms with E-state index in [-0.39, 0.29) is 11.8 Å². The average Bonchev–Trinajstić information content (AvgIpc) is 2.02. The number of thioether (sulfide) groups is 1. The van der Waals surface area contributed by atoms with Gasteiger partial charge in [-0.1, -0.05) is 0 Å². The lowest BCUT2D eigenvalue weighted by atomic mass is 10.1. The van der Waals surface area contributed by atoms with Crippen LogP contribution >= 0.6 is 11.8 Å². The minimum Gasteiger partial charge on any atom is -0.352 e. The summed E-state index contributed by atoms with van der Waals surface area (Å²) in [5.41, 5.74) is 5.75. The number of ether oxygens (including phenoxy) is 2. The molecule has 0 bridgehead atoms. The van der Waals surface area contributed by atoms with Crippen molar-refractivity contribution >= 4 is 11.8 Å². The largest absolute Gasteiger partial charge is 0.352 e. The molecule has 0 heterocycles. The molecule has 14 heavy (non-hydrogen) atoms. The molecule has 0 aromatic rings. The predicted molar refractivity (Wildman–Crippen MR) is 62.6 cm³/mol. The van der Waals surface area contributed by atoms with Gasteiger partial charge in [0.05, 0.1) is 0 Å². The molecular weight excluding hydrogens is 198 g/mol. The molecule has 4 heteroatoms. The molecule has 0 aliphatic rings. The van der Waals surface area contributed by atoms with E-state index in [1.165, 1.54) is 0 Å². The summed E-state index contributed by atoms with van der Waals surface area (Å²) in [6, 6.07) is 0. The molecule has 0 atom stereocenters. The molecule has 0 saturated carbocycles. The van der Waals surface area contributed by atoms with Crippen molar-refractivity contribution in [2.45, 2.75) is 39.5 Å². The molecule has 0 aliphatic carbocycles. The molecule has 0 amide bonds. The van der Waals surface area contributed by atoms with Crippen LogP contribution in [0, 0.1) is 0 Å². The molecule has 0 aromatic carbocycles. The Kier molecular flexibility index (Phi) is 7.64. The summed E-state index contributed by atoms with van der Waals surface area (Å²) in [6.07, 6.45) is -0.0858. The first-order chi connectivity index (χ1) is 6.49. The highest BCUT2D eigenvalue weighted by molar-refractivity contribution is 7.99. The Morgan fingerprint density at radius 3 is 2.07 bits per heavy atom. The monoisotopic (exact) mass is 221 g/mol. The van der Waals surface area contributed by atoms with Crippen LogP contribution in [0.15, 0.2) is 0 Å². The van der Waals surface area contributed by atoms with E-state index in [9.17, 15) is 0 Å². The van der Waals surface area contributed by atoms with Crippen molar-refractivity contribution in [3.05, 3.63) is 0 Å². The maximum atomic E-state index is 5.87. The van der Waals surface area contributed by atoms with Crippen LogP contribution in [0.25, 0.3) is 0 Å². The smallest absolute Gasteiger partial charge is 0.166 e. The van der Waals surface area contributed by atoms with Gasteiger partial charge in [0.15, 0.2) is 6.29 Å². The van der Waals surface area contributed by atoms with Crippen LogP contribution in [0.3, 0.4) is 0 Å². The van der Waals surface area contributed by atoms with Gasteiger partial charge in [0.25, 0.3) is 0 Å². The zero-order chi connectivity index (χ0) is 11.0. The second-order valence-corrected chi connectivity index (χ2v) is 4.87. The van der Waals surface area contributed by atoms with Gasteiger partial charge < -0.3 is 15.2 Å². The molecule has 0 aromatic heterocycles. The van der Waals surface area contributed by atoms with E-state index in [2.05, 4.69) is 0 Å². The van der Waals surface area contributed by atoms with Crippen molar-refractivity contribution in [2.75, 3.05) is 24.7 Å². The van der Waals surface area contributed by atoms with Gasteiger partial charge in [-0.2, -0.15) is 11.8 Å². The molecule has 0 fully saturated rings. The second-order valence-electron chi connectivity index (χ2n) is 3.84. The lowest BCUT2D eigenvalue weighted by Gasteiger charge is -2.20. The standard InChI is InChI=1S/C10H23NO2S/c1-5-12-9(13-6-2)7-14-8-10(3,4)11/h9H,5-8,11H2,1-4H3. The molecular formula is C10H23NO2S. The highest BCUT2D eigenvalue weighted by atomic mass is 32.2. The highest BCUT2D eigenvalue weighted by Gasteiger charge is 2.13. The molecule has 2 N–H and O–H groups in total. The number of hydrogen-bond donors (Lipinski definition) is 1. The third-order valence-corrected chi connectivity index (χ3v) is 2.89. The van der Waals surface area contributed by atoms with Gasteiger partial charge in [-0.05, 0) is 27.7 Å². The summed E-state index contributed by atoms with van der Waals surface area (Å²) in [5.74, 6) is 1.77. The van der Waals surface area contributed by atoms with Crippen LogP contribution < -0.4 is 5.73 Å². The van der Waals surface area contributed by atoms with Gasteiger partial charge in [0.2, 0.25) is 0 Å². The molecule has 0 saturated heterocycles. The number of nitrogens with two attached hydrogens (primary N) is 1. The molecule has 0 radical (unpaired) electrons. The second kappa shape index (κ2) is 7.51. The third-order valence-electron chi connectivity index (χ3n) is 1.43. The van der Waals surface area contributed by atoms with Gasteiger partial charge >= 0.3 is 0 Å². The van der Waals surface area contributed by atoms with Crippen molar-refractivity contribution < 1.29 is 9.47 Å². The van der Waals surface area contributed by atoms with Crippen molar-refractivity contribution in [3.8, 4) is 0 Å². The first kappa shape index (κ1) is 14.2. The Morgan fingerprint density at radius 1 is 1.21 bits per heavy atom. The normalized spacial score (nSPS) is 12.4. The summed E-state index contributed by atoms with van der Waals surface area (Å²) < 4.78 is 10.8. The number of hydrogen-bond acceptors (Lipinski definition) is 4. The predicted octanol–water partition coefficient (Wildman–Crippen LogP) is 1.86. The van der Waals surface area contributed by atoms with Crippen LogP contribution in [0.2, 0.25) is 0 Å². The van der Waals surface area contributed by atoms with Crippen LogP contribution in [0.5, 0.6) is 0 Å². The fourth-order valence-corrected chi connectivity index (χ4v) is 1.96. The summed E-state index contributed by atoms with van der Waals surface area (Å²) in [7, 11) is 0. The lowest BCUT2D eigenvalue weighted by molar-refractivity contribution is -0.120. The SMILES string of the molecule is CCOC(CSCC(C)(C)N)OCC. The summed E-state index contributed by atoms with van der Waals surface area (Å²) in [5, 5.41) is 0. The van der Waals surface area contributed by atoms with Crippen LogP contribution in [-0.4, -0.2) is 36.5 Å². The Morgan fingerprint density at radius 2 is 1.71 bits per heavy atom. The van der Waals surface area contributed by atoms with Gasteiger partial charge in [-0.25, -0.2) is 0 Å². The quantitative estimate of drug-likeness (QED) is 0.635.